The Bertz CT molecular complexity index is 779. The van der Waals surface area contributed by atoms with Gasteiger partial charge in [0.15, 0.2) is 11.6 Å². The molecule has 0 bridgehead atoms. The van der Waals surface area contributed by atoms with E-state index >= 15 is 0 Å². The summed E-state index contributed by atoms with van der Waals surface area (Å²) in [5.74, 6) is -1.59. The second-order valence-corrected chi connectivity index (χ2v) is 6.53. The summed E-state index contributed by atoms with van der Waals surface area (Å²) in [5.41, 5.74) is 0.863. The monoisotopic (exact) mass is 341 g/mol. The molecule has 0 aliphatic carbocycles. The first-order valence-corrected chi connectivity index (χ1v) is 8.58. The van der Waals surface area contributed by atoms with Crippen LogP contribution in [0.2, 0.25) is 0 Å². The zero-order valence-corrected chi connectivity index (χ0v) is 13.4. The number of halogens is 2. The maximum atomic E-state index is 13.2. The minimum absolute atomic E-state index is 0.116. The van der Waals surface area contributed by atoms with E-state index in [1.165, 1.54) is 0 Å². The van der Waals surface area contributed by atoms with Crippen molar-refractivity contribution in [2.75, 3.05) is 13.2 Å². The smallest absolute Gasteiger partial charge is 0.240 e. The van der Waals surface area contributed by atoms with Gasteiger partial charge in [0.05, 0.1) is 11.5 Å². The number of ether oxygens (including phenoxy) is 1. The highest BCUT2D eigenvalue weighted by molar-refractivity contribution is 7.89. The maximum absolute atomic E-state index is 13.2. The van der Waals surface area contributed by atoms with Crippen LogP contribution in [-0.2, 0) is 16.4 Å². The van der Waals surface area contributed by atoms with E-state index in [1.807, 2.05) is 31.2 Å². The van der Waals surface area contributed by atoms with E-state index in [2.05, 4.69) is 4.72 Å². The molecule has 2 aromatic rings. The second-order valence-electron chi connectivity index (χ2n) is 4.76. The van der Waals surface area contributed by atoms with Crippen molar-refractivity contribution in [3.8, 4) is 5.75 Å². The van der Waals surface area contributed by atoms with Gasteiger partial charge in [-0.1, -0.05) is 18.2 Å². The molecule has 0 amide bonds. The van der Waals surface area contributed by atoms with Crippen molar-refractivity contribution in [1.82, 2.24) is 4.72 Å². The Morgan fingerprint density at radius 3 is 2.52 bits per heavy atom. The van der Waals surface area contributed by atoms with E-state index in [-0.39, 0.29) is 11.4 Å². The summed E-state index contributed by atoms with van der Waals surface area (Å²) in [6, 6.07) is 9.79. The summed E-state index contributed by atoms with van der Waals surface area (Å²) < 4.78 is 58.0. The average Bonchev–Trinajstić information content (AvgIpc) is 2.52. The van der Waals surface area contributed by atoms with Crippen LogP contribution in [0.1, 0.15) is 12.5 Å². The molecule has 0 unspecified atom stereocenters. The van der Waals surface area contributed by atoms with Gasteiger partial charge in [0.25, 0.3) is 0 Å². The number of rotatable bonds is 7. The van der Waals surface area contributed by atoms with Crippen LogP contribution >= 0.6 is 0 Å². The van der Waals surface area contributed by atoms with E-state index in [0.29, 0.717) is 24.8 Å². The predicted octanol–water partition coefficient (Wildman–Crippen LogP) is 2.88. The number of para-hydroxylation sites is 1. The molecule has 0 fully saturated rings. The Balaban J connectivity index is 2.04. The standard InChI is InChI=1S/C16H17F2NO3S/c1-2-22-16-6-4-3-5-12(16)9-10-19-23(20,21)13-7-8-14(17)15(18)11-13/h3-8,11,19H,2,9-10H2,1H3. The molecule has 7 heteroatoms. The van der Waals surface area contributed by atoms with Gasteiger partial charge in [-0.25, -0.2) is 21.9 Å². The highest BCUT2D eigenvalue weighted by Gasteiger charge is 2.16. The van der Waals surface area contributed by atoms with E-state index < -0.39 is 21.7 Å². The third-order valence-corrected chi connectivity index (χ3v) is 4.62. The molecular formula is C16H17F2NO3S. The van der Waals surface area contributed by atoms with Gasteiger partial charge in [-0.15, -0.1) is 0 Å². The van der Waals surface area contributed by atoms with E-state index in [1.54, 1.807) is 0 Å². The molecule has 1 N–H and O–H groups in total. The average molecular weight is 341 g/mol. The predicted molar refractivity (Wildman–Crippen MR) is 82.9 cm³/mol. The molecule has 0 aliphatic rings. The Hall–Kier alpha value is -1.99. The summed E-state index contributed by atoms with van der Waals surface area (Å²) >= 11 is 0. The first-order chi connectivity index (χ1) is 10.9. The summed E-state index contributed by atoms with van der Waals surface area (Å²) in [5, 5.41) is 0. The van der Waals surface area contributed by atoms with E-state index in [9.17, 15) is 17.2 Å². The molecular weight excluding hydrogens is 324 g/mol. The normalized spacial score (nSPS) is 11.4. The molecule has 124 valence electrons. The molecule has 0 saturated carbocycles. The molecule has 2 aromatic carbocycles. The Morgan fingerprint density at radius 1 is 1.09 bits per heavy atom. The van der Waals surface area contributed by atoms with Gasteiger partial charge >= 0.3 is 0 Å². The molecule has 0 aliphatic heterocycles. The summed E-state index contributed by atoms with van der Waals surface area (Å²) in [4.78, 5) is -0.311. The van der Waals surface area contributed by atoms with Crippen LogP contribution in [0, 0.1) is 11.6 Å². The number of nitrogens with one attached hydrogen (secondary N) is 1. The summed E-state index contributed by atoms with van der Waals surface area (Å²) in [7, 11) is -3.89. The summed E-state index contributed by atoms with van der Waals surface area (Å²) in [6.07, 6.45) is 0.416. The third-order valence-electron chi connectivity index (χ3n) is 3.16. The van der Waals surface area contributed by atoms with Crippen molar-refractivity contribution in [2.24, 2.45) is 0 Å². The zero-order chi connectivity index (χ0) is 16.9. The Labute approximate surface area is 134 Å². The van der Waals surface area contributed by atoms with Crippen molar-refractivity contribution < 1.29 is 21.9 Å². The van der Waals surface area contributed by atoms with Crippen molar-refractivity contribution in [3.63, 3.8) is 0 Å². The van der Waals surface area contributed by atoms with Gasteiger partial charge in [0, 0.05) is 6.54 Å². The van der Waals surface area contributed by atoms with E-state index in [4.69, 9.17) is 4.74 Å². The van der Waals surface area contributed by atoms with Crippen LogP contribution in [0.25, 0.3) is 0 Å². The van der Waals surface area contributed by atoms with Crippen molar-refractivity contribution >= 4 is 10.0 Å². The number of hydrogen-bond donors (Lipinski definition) is 1. The molecule has 0 aromatic heterocycles. The Morgan fingerprint density at radius 2 is 1.83 bits per heavy atom. The molecule has 0 heterocycles. The van der Waals surface area contributed by atoms with Crippen molar-refractivity contribution in [1.29, 1.82) is 0 Å². The quantitative estimate of drug-likeness (QED) is 0.842. The van der Waals surface area contributed by atoms with Crippen molar-refractivity contribution in [2.45, 2.75) is 18.2 Å². The summed E-state index contributed by atoms with van der Waals surface area (Å²) in [6.45, 7) is 2.49. The lowest BCUT2D eigenvalue weighted by atomic mass is 10.1. The second kappa shape index (κ2) is 7.52. The van der Waals surface area contributed by atoms with Crippen LogP contribution in [0.3, 0.4) is 0 Å². The fraction of sp³-hybridized carbons (Fsp3) is 0.250. The zero-order valence-electron chi connectivity index (χ0n) is 12.6. The minimum atomic E-state index is -3.89. The fourth-order valence-corrected chi connectivity index (χ4v) is 3.10. The largest absolute Gasteiger partial charge is 0.494 e. The topological polar surface area (TPSA) is 55.4 Å². The number of benzene rings is 2. The molecule has 2 rings (SSSR count). The maximum Gasteiger partial charge on any atom is 0.240 e. The first-order valence-electron chi connectivity index (χ1n) is 7.09. The lowest BCUT2D eigenvalue weighted by Gasteiger charge is -2.11. The van der Waals surface area contributed by atoms with Gasteiger partial charge in [-0.2, -0.15) is 0 Å². The van der Waals surface area contributed by atoms with Crippen LogP contribution < -0.4 is 9.46 Å². The number of sulfonamides is 1. The van der Waals surface area contributed by atoms with Gasteiger partial charge in [0.1, 0.15) is 5.75 Å². The van der Waals surface area contributed by atoms with Gasteiger partial charge < -0.3 is 4.74 Å². The lowest BCUT2D eigenvalue weighted by molar-refractivity contribution is 0.336. The van der Waals surface area contributed by atoms with E-state index in [0.717, 1.165) is 17.7 Å². The molecule has 23 heavy (non-hydrogen) atoms. The molecule has 0 saturated heterocycles. The van der Waals surface area contributed by atoms with Crippen LogP contribution in [0.4, 0.5) is 8.78 Å². The fourth-order valence-electron chi connectivity index (χ4n) is 2.05. The molecule has 4 nitrogen and oxygen atoms in total. The highest BCUT2D eigenvalue weighted by Crippen LogP contribution is 2.18. The van der Waals surface area contributed by atoms with Crippen LogP contribution in [0.15, 0.2) is 47.4 Å². The van der Waals surface area contributed by atoms with Gasteiger partial charge in [-0.05, 0) is 43.2 Å². The van der Waals surface area contributed by atoms with Gasteiger partial charge in [-0.3, -0.25) is 0 Å². The van der Waals surface area contributed by atoms with Gasteiger partial charge in [0.2, 0.25) is 10.0 Å². The van der Waals surface area contributed by atoms with Crippen LogP contribution in [0.5, 0.6) is 5.75 Å². The molecule has 0 spiro atoms. The first kappa shape index (κ1) is 17.4. The molecule has 0 radical (unpaired) electrons. The Kier molecular flexibility index (Phi) is 5.68. The van der Waals surface area contributed by atoms with Crippen molar-refractivity contribution in [3.05, 3.63) is 59.7 Å². The number of hydrogen-bond acceptors (Lipinski definition) is 3. The van der Waals surface area contributed by atoms with Crippen LogP contribution in [-0.4, -0.2) is 21.6 Å². The third kappa shape index (κ3) is 4.49. The highest BCUT2D eigenvalue weighted by atomic mass is 32.2. The molecule has 0 atom stereocenters. The SMILES string of the molecule is CCOc1ccccc1CCNS(=O)(=O)c1ccc(F)c(F)c1. The minimum Gasteiger partial charge on any atom is -0.494 e. The lowest BCUT2D eigenvalue weighted by Crippen LogP contribution is -2.26.